The molecule has 0 fully saturated rings. The summed E-state index contributed by atoms with van der Waals surface area (Å²) in [6.45, 7) is 6.45. The Hall–Kier alpha value is -2.82. The van der Waals surface area contributed by atoms with Crippen molar-refractivity contribution in [3.8, 4) is 5.75 Å². The second kappa shape index (κ2) is 9.04. The van der Waals surface area contributed by atoms with E-state index in [0.29, 0.717) is 6.61 Å². The average Bonchev–Trinajstić information content (AvgIpc) is 2.60. The van der Waals surface area contributed by atoms with Crippen molar-refractivity contribution in [3.63, 3.8) is 0 Å². The molecule has 0 heterocycles. The van der Waals surface area contributed by atoms with Crippen LogP contribution in [0.3, 0.4) is 0 Å². The minimum Gasteiger partial charge on any atom is -0.494 e. The summed E-state index contributed by atoms with van der Waals surface area (Å²) in [4.78, 5) is 26.1. The molecule has 26 heavy (non-hydrogen) atoms. The third kappa shape index (κ3) is 5.34. The van der Waals surface area contributed by atoms with Gasteiger partial charge in [-0.1, -0.05) is 30.3 Å². The van der Waals surface area contributed by atoms with E-state index in [0.717, 1.165) is 28.1 Å². The number of para-hydroxylation sites is 1. The Bertz CT molecular complexity index is 749. The van der Waals surface area contributed by atoms with Crippen LogP contribution in [0.15, 0.2) is 42.5 Å². The van der Waals surface area contributed by atoms with Crippen molar-refractivity contribution in [2.45, 2.75) is 27.2 Å². The summed E-state index contributed by atoms with van der Waals surface area (Å²) in [5, 5.41) is 2.90. The number of hydrogen-bond donors (Lipinski definition) is 1. The lowest BCUT2D eigenvalue weighted by Crippen LogP contribution is -2.36. The van der Waals surface area contributed by atoms with Gasteiger partial charge < -0.3 is 15.0 Å². The van der Waals surface area contributed by atoms with Crippen LogP contribution >= 0.6 is 0 Å². The summed E-state index contributed by atoms with van der Waals surface area (Å²) in [6, 6.07) is 13.3. The van der Waals surface area contributed by atoms with Crippen LogP contribution in [-0.4, -0.2) is 36.9 Å². The number of amides is 2. The molecule has 0 saturated heterocycles. The molecule has 0 spiro atoms. The molecule has 0 aromatic heterocycles. The molecule has 0 atom stereocenters. The molecule has 2 rings (SSSR count). The van der Waals surface area contributed by atoms with Gasteiger partial charge in [-0.2, -0.15) is 0 Å². The molecule has 0 aliphatic heterocycles. The molecule has 5 nitrogen and oxygen atoms in total. The van der Waals surface area contributed by atoms with Crippen molar-refractivity contribution >= 4 is 17.5 Å². The van der Waals surface area contributed by atoms with E-state index >= 15 is 0 Å². The number of carbonyl (C=O) groups excluding carboxylic acids is 2. The molecule has 0 radical (unpaired) electrons. The number of likely N-dealkylation sites (N-methyl/N-ethyl adjacent to an activating group) is 1. The van der Waals surface area contributed by atoms with Crippen molar-refractivity contribution in [3.05, 3.63) is 59.2 Å². The molecule has 0 bridgehead atoms. The minimum absolute atomic E-state index is 0.0175. The predicted octanol–water partition coefficient (Wildman–Crippen LogP) is 3.34. The molecule has 2 aromatic carbocycles. The zero-order valence-corrected chi connectivity index (χ0v) is 15.8. The first-order valence-corrected chi connectivity index (χ1v) is 8.72. The van der Waals surface area contributed by atoms with Crippen molar-refractivity contribution in [1.29, 1.82) is 0 Å². The summed E-state index contributed by atoms with van der Waals surface area (Å²) in [5.41, 5.74) is 3.70. The van der Waals surface area contributed by atoms with Gasteiger partial charge in [-0.05, 0) is 49.6 Å². The Morgan fingerprint density at radius 3 is 2.23 bits per heavy atom. The number of benzene rings is 2. The Morgan fingerprint density at radius 2 is 1.65 bits per heavy atom. The maximum absolute atomic E-state index is 12.4. The van der Waals surface area contributed by atoms with Gasteiger partial charge >= 0.3 is 0 Å². The maximum atomic E-state index is 12.4. The van der Waals surface area contributed by atoms with Gasteiger partial charge in [0.25, 0.3) is 0 Å². The van der Waals surface area contributed by atoms with Gasteiger partial charge in [-0.25, -0.2) is 0 Å². The van der Waals surface area contributed by atoms with E-state index < -0.39 is 0 Å². The molecule has 1 N–H and O–H groups in total. The molecule has 0 unspecified atom stereocenters. The maximum Gasteiger partial charge on any atom is 0.243 e. The second-order valence-electron chi connectivity index (χ2n) is 6.32. The SMILES string of the molecule is CCOc1ccc(CC(=O)N(C)CC(=O)Nc2c(C)cccc2C)cc1. The smallest absolute Gasteiger partial charge is 0.243 e. The summed E-state index contributed by atoms with van der Waals surface area (Å²) in [7, 11) is 1.64. The van der Waals surface area contributed by atoms with Gasteiger partial charge in [0, 0.05) is 12.7 Å². The monoisotopic (exact) mass is 354 g/mol. The first-order valence-electron chi connectivity index (χ1n) is 8.72. The quantitative estimate of drug-likeness (QED) is 0.830. The van der Waals surface area contributed by atoms with E-state index in [9.17, 15) is 9.59 Å². The van der Waals surface area contributed by atoms with Crippen LogP contribution in [0.1, 0.15) is 23.6 Å². The summed E-state index contributed by atoms with van der Waals surface area (Å²) in [6.07, 6.45) is 0.250. The first kappa shape index (κ1) is 19.5. The Kier molecular flexibility index (Phi) is 6.78. The van der Waals surface area contributed by atoms with E-state index in [2.05, 4.69) is 5.32 Å². The lowest BCUT2D eigenvalue weighted by Gasteiger charge is -2.18. The van der Waals surface area contributed by atoms with Crippen LogP contribution in [-0.2, 0) is 16.0 Å². The fraction of sp³-hybridized carbons (Fsp3) is 0.333. The standard InChI is InChI=1S/C21H26N2O3/c1-5-26-18-11-9-17(10-12-18)13-20(25)23(4)14-19(24)22-21-15(2)7-6-8-16(21)3/h6-12H,5,13-14H2,1-4H3,(H,22,24). The van der Waals surface area contributed by atoms with E-state index in [1.807, 2.05) is 63.2 Å². The molecule has 0 saturated carbocycles. The molecular weight excluding hydrogens is 328 g/mol. The van der Waals surface area contributed by atoms with Gasteiger partial charge in [0.15, 0.2) is 0 Å². The second-order valence-corrected chi connectivity index (χ2v) is 6.32. The summed E-state index contributed by atoms with van der Waals surface area (Å²) >= 11 is 0. The third-order valence-electron chi connectivity index (χ3n) is 4.14. The van der Waals surface area contributed by atoms with Crippen LogP contribution in [0.25, 0.3) is 0 Å². The summed E-state index contributed by atoms with van der Waals surface area (Å²) in [5.74, 6) is 0.473. The number of carbonyl (C=O) groups is 2. The van der Waals surface area contributed by atoms with Crippen molar-refractivity contribution in [2.24, 2.45) is 0 Å². The van der Waals surface area contributed by atoms with Gasteiger partial charge in [-0.15, -0.1) is 0 Å². The molecular formula is C21H26N2O3. The highest BCUT2D eigenvalue weighted by molar-refractivity contribution is 5.95. The number of aryl methyl sites for hydroxylation is 2. The van der Waals surface area contributed by atoms with Crippen LogP contribution in [0, 0.1) is 13.8 Å². The molecule has 2 amide bonds. The number of ether oxygens (including phenoxy) is 1. The van der Waals surface area contributed by atoms with Gasteiger partial charge in [-0.3, -0.25) is 9.59 Å². The predicted molar refractivity (Wildman–Crippen MR) is 103 cm³/mol. The average molecular weight is 354 g/mol. The number of nitrogens with one attached hydrogen (secondary N) is 1. The fourth-order valence-electron chi connectivity index (χ4n) is 2.67. The highest BCUT2D eigenvalue weighted by atomic mass is 16.5. The van der Waals surface area contributed by atoms with E-state index in [4.69, 9.17) is 4.74 Å². The molecule has 0 aliphatic carbocycles. The molecule has 0 aliphatic rings. The largest absolute Gasteiger partial charge is 0.494 e. The number of rotatable bonds is 7. The first-order chi connectivity index (χ1) is 12.4. The zero-order valence-electron chi connectivity index (χ0n) is 15.8. The van der Waals surface area contributed by atoms with Gasteiger partial charge in [0.1, 0.15) is 5.75 Å². The molecule has 2 aromatic rings. The lowest BCUT2D eigenvalue weighted by molar-refractivity contribution is -0.132. The topological polar surface area (TPSA) is 58.6 Å². The summed E-state index contributed by atoms with van der Waals surface area (Å²) < 4.78 is 5.39. The van der Waals surface area contributed by atoms with Crippen molar-refractivity contribution in [2.75, 3.05) is 25.5 Å². The van der Waals surface area contributed by atoms with Crippen LogP contribution in [0.5, 0.6) is 5.75 Å². The number of hydrogen-bond acceptors (Lipinski definition) is 3. The highest BCUT2D eigenvalue weighted by Crippen LogP contribution is 2.19. The number of nitrogens with zero attached hydrogens (tertiary/aromatic N) is 1. The Morgan fingerprint density at radius 1 is 1.04 bits per heavy atom. The molecule has 5 heteroatoms. The van der Waals surface area contributed by atoms with Crippen molar-refractivity contribution < 1.29 is 14.3 Å². The van der Waals surface area contributed by atoms with Crippen LogP contribution in [0.2, 0.25) is 0 Å². The minimum atomic E-state index is -0.204. The third-order valence-corrected chi connectivity index (χ3v) is 4.14. The molecule has 138 valence electrons. The normalized spacial score (nSPS) is 10.3. The Balaban J connectivity index is 1.90. The fourth-order valence-corrected chi connectivity index (χ4v) is 2.67. The van der Waals surface area contributed by atoms with Crippen LogP contribution in [0.4, 0.5) is 5.69 Å². The van der Waals surface area contributed by atoms with E-state index in [1.165, 1.54) is 4.90 Å². The zero-order chi connectivity index (χ0) is 19.1. The van der Waals surface area contributed by atoms with Gasteiger partial charge in [0.05, 0.1) is 19.6 Å². The Labute approximate surface area is 155 Å². The van der Waals surface area contributed by atoms with E-state index in [-0.39, 0.29) is 24.8 Å². The van der Waals surface area contributed by atoms with Gasteiger partial charge in [0.2, 0.25) is 11.8 Å². The van der Waals surface area contributed by atoms with Crippen molar-refractivity contribution in [1.82, 2.24) is 4.90 Å². The highest BCUT2D eigenvalue weighted by Gasteiger charge is 2.15. The van der Waals surface area contributed by atoms with Crippen LogP contribution < -0.4 is 10.1 Å². The van der Waals surface area contributed by atoms with E-state index in [1.54, 1.807) is 7.05 Å². The lowest BCUT2D eigenvalue weighted by atomic mass is 10.1. The number of anilines is 1.